The Morgan fingerprint density at radius 2 is 0.914 bits per heavy atom. The summed E-state index contributed by atoms with van der Waals surface area (Å²) in [6, 6.07) is 73.7. The van der Waals surface area contributed by atoms with E-state index in [0.717, 1.165) is 62.0 Å². The van der Waals surface area contributed by atoms with E-state index in [1.165, 1.54) is 87.2 Å². The van der Waals surface area contributed by atoms with Crippen molar-refractivity contribution in [3.63, 3.8) is 0 Å². The van der Waals surface area contributed by atoms with E-state index in [0.29, 0.717) is 17.6 Å². The van der Waals surface area contributed by atoms with Gasteiger partial charge in [0.25, 0.3) is 0 Å². The monoisotopic (exact) mass is 897 g/mol. The van der Waals surface area contributed by atoms with Crippen molar-refractivity contribution >= 4 is 54.4 Å². The van der Waals surface area contributed by atoms with E-state index in [9.17, 15) is 0 Å². The SMILES string of the molecule is c1ccc(-c2nc(-c3ccc4ccccc4c3)nc(-n3c4ccccc4c4cc(-c5ccc6c(c5)c5ccccc5n6-c5ccc6c(c5)C5(c7ccccc7-6)C6CC7CC(C6)CC5C7)ccc43)n2)cc1. The van der Waals surface area contributed by atoms with E-state index >= 15 is 0 Å². The van der Waals surface area contributed by atoms with Crippen LogP contribution in [-0.4, -0.2) is 24.1 Å². The van der Waals surface area contributed by atoms with Crippen molar-refractivity contribution in [3.05, 3.63) is 211 Å². The lowest BCUT2D eigenvalue weighted by Gasteiger charge is -2.61. The maximum Gasteiger partial charge on any atom is 0.238 e. The van der Waals surface area contributed by atoms with Crippen LogP contribution in [0.1, 0.15) is 43.2 Å². The van der Waals surface area contributed by atoms with Crippen LogP contribution < -0.4 is 0 Å². The molecule has 3 heterocycles. The largest absolute Gasteiger partial charge is 0.309 e. The van der Waals surface area contributed by atoms with Crippen molar-refractivity contribution in [1.82, 2.24) is 24.1 Å². The van der Waals surface area contributed by atoms with Crippen LogP contribution in [0.5, 0.6) is 0 Å². The molecule has 5 aliphatic rings. The molecular formula is C65H47N5. The number of benzene rings is 9. The fraction of sp³-hybridized carbons (Fsp3) is 0.154. The molecule has 5 heteroatoms. The molecule has 0 unspecified atom stereocenters. The normalized spacial score (nSPS) is 20.9. The topological polar surface area (TPSA) is 48.5 Å². The Hall–Kier alpha value is -8.15. The van der Waals surface area contributed by atoms with Gasteiger partial charge < -0.3 is 4.57 Å². The number of fused-ring (bicyclic) bond motifs is 10. The van der Waals surface area contributed by atoms with Crippen molar-refractivity contribution in [2.75, 3.05) is 0 Å². The highest BCUT2D eigenvalue weighted by molar-refractivity contribution is 6.12. The fourth-order valence-electron chi connectivity index (χ4n) is 14.7. The van der Waals surface area contributed by atoms with Gasteiger partial charge in [-0.3, -0.25) is 4.57 Å². The molecule has 0 amide bonds. The van der Waals surface area contributed by atoms with Gasteiger partial charge in [0.1, 0.15) is 0 Å². The van der Waals surface area contributed by atoms with Crippen LogP contribution in [0.25, 0.3) is 111 Å². The summed E-state index contributed by atoms with van der Waals surface area (Å²) < 4.78 is 4.76. The second-order valence-corrected chi connectivity index (χ2v) is 20.8. The fourth-order valence-corrected chi connectivity index (χ4v) is 14.7. The number of hydrogen-bond donors (Lipinski definition) is 0. The highest BCUT2D eigenvalue weighted by Gasteiger charge is 2.61. The summed E-state index contributed by atoms with van der Waals surface area (Å²) in [5, 5.41) is 7.18. The number of nitrogens with zero attached hydrogens (tertiary/aromatic N) is 5. The molecule has 0 atom stereocenters. The average Bonchev–Trinajstić information content (AvgIpc) is 4.03. The van der Waals surface area contributed by atoms with Crippen LogP contribution in [0.15, 0.2) is 200 Å². The quantitative estimate of drug-likeness (QED) is 0.173. The molecule has 17 rings (SSSR count). The lowest BCUT2D eigenvalue weighted by molar-refractivity contribution is -0.0399. The minimum atomic E-state index is 0.121. The Balaban J connectivity index is 0.839. The Labute approximate surface area is 405 Å². The third-order valence-corrected chi connectivity index (χ3v) is 17.3. The third-order valence-electron chi connectivity index (χ3n) is 17.3. The molecule has 4 bridgehead atoms. The van der Waals surface area contributed by atoms with Crippen molar-refractivity contribution < 1.29 is 0 Å². The van der Waals surface area contributed by atoms with Crippen LogP contribution in [0.4, 0.5) is 0 Å². The first kappa shape index (κ1) is 38.8. The van der Waals surface area contributed by atoms with Gasteiger partial charge >= 0.3 is 0 Å². The van der Waals surface area contributed by atoms with E-state index in [2.05, 4.69) is 191 Å². The molecule has 0 radical (unpaired) electrons. The van der Waals surface area contributed by atoms with E-state index < -0.39 is 0 Å². The van der Waals surface area contributed by atoms with Crippen molar-refractivity contribution in [2.24, 2.45) is 23.7 Å². The summed E-state index contributed by atoms with van der Waals surface area (Å²) in [4.78, 5) is 15.6. The zero-order chi connectivity index (χ0) is 45.7. The van der Waals surface area contributed by atoms with Gasteiger partial charge in [0.15, 0.2) is 11.6 Å². The standard InChI is InChI=1S/C65H47N5/c1-2-13-42(14-3-1)62-66-63(46-23-22-41-12-4-5-15-43(41)35-46)68-64(67-62)70-59-21-11-8-18-53(59)55-37-45(25-29-61(55)70)44-24-28-60-54(36-44)52-17-7-10-20-58(52)69(60)49-26-27-51-50-16-6-9-19-56(50)65(57(51)38-49)47-31-39-30-40(33-47)34-48(65)32-39/h1-29,35-40,47-48H,30-34H2. The van der Waals surface area contributed by atoms with Crippen molar-refractivity contribution in [3.8, 4) is 56.7 Å². The predicted octanol–water partition coefficient (Wildman–Crippen LogP) is 15.9. The molecule has 70 heavy (non-hydrogen) atoms. The van der Waals surface area contributed by atoms with Gasteiger partial charge in [-0.2, -0.15) is 9.97 Å². The highest BCUT2D eigenvalue weighted by Crippen LogP contribution is 2.69. The van der Waals surface area contributed by atoms with E-state index in [4.69, 9.17) is 15.0 Å². The molecule has 332 valence electrons. The van der Waals surface area contributed by atoms with Gasteiger partial charge in [-0.25, -0.2) is 4.98 Å². The number of para-hydroxylation sites is 2. The van der Waals surface area contributed by atoms with Crippen LogP contribution in [-0.2, 0) is 5.41 Å². The molecule has 0 N–H and O–H groups in total. The molecule has 3 aromatic heterocycles. The van der Waals surface area contributed by atoms with Gasteiger partial charge in [-0.1, -0.05) is 146 Å². The summed E-state index contributed by atoms with van der Waals surface area (Å²) >= 11 is 0. The zero-order valence-corrected chi connectivity index (χ0v) is 38.6. The van der Waals surface area contributed by atoms with Crippen LogP contribution >= 0.6 is 0 Å². The Bertz CT molecular complexity index is 4130. The van der Waals surface area contributed by atoms with Gasteiger partial charge in [-0.05, 0) is 155 Å². The predicted molar refractivity (Wildman–Crippen MR) is 286 cm³/mol. The average molecular weight is 898 g/mol. The van der Waals surface area contributed by atoms with Gasteiger partial charge in [0.2, 0.25) is 5.95 Å². The first-order chi connectivity index (χ1) is 34.6. The van der Waals surface area contributed by atoms with Gasteiger partial charge in [-0.15, -0.1) is 0 Å². The summed E-state index contributed by atoms with van der Waals surface area (Å²) in [5.74, 6) is 5.15. The van der Waals surface area contributed by atoms with Gasteiger partial charge in [0.05, 0.1) is 22.1 Å². The maximum atomic E-state index is 5.26. The first-order valence-electron chi connectivity index (χ1n) is 25.3. The van der Waals surface area contributed by atoms with E-state index in [1.54, 1.807) is 11.1 Å². The molecule has 0 aliphatic heterocycles. The smallest absolute Gasteiger partial charge is 0.238 e. The van der Waals surface area contributed by atoms with E-state index in [1.807, 2.05) is 18.2 Å². The van der Waals surface area contributed by atoms with Crippen LogP contribution in [0.3, 0.4) is 0 Å². The van der Waals surface area contributed by atoms with Crippen molar-refractivity contribution in [2.45, 2.75) is 37.5 Å². The summed E-state index contributed by atoms with van der Waals surface area (Å²) in [5.41, 5.74) is 16.4. The number of hydrogen-bond acceptors (Lipinski definition) is 3. The Morgan fingerprint density at radius 3 is 1.64 bits per heavy atom. The maximum absolute atomic E-state index is 5.26. The summed E-state index contributed by atoms with van der Waals surface area (Å²) in [6.45, 7) is 0. The molecule has 4 fully saturated rings. The highest BCUT2D eigenvalue weighted by atomic mass is 15.2. The molecule has 5 nitrogen and oxygen atoms in total. The number of rotatable bonds is 5. The molecule has 5 aliphatic carbocycles. The Kier molecular flexibility index (Phi) is 8.00. The molecule has 4 saturated carbocycles. The minimum absolute atomic E-state index is 0.121. The van der Waals surface area contributed by atoms with E-state index in [-0.39, 0.29) is 5.41 Å². The second kappa shape index (κ2) is 14.4. The molecule has 9 aromatic carbocycles. The zero-order valence-electron chi connectivity index (χ0n) is 38.6. The van der Waals surface area contributed by atoms with Crippen molar-refractivity contribution in [1.29, 1.82) is 0 Å². The molecule has 12 aromatic rings. The second-order valence-electron chi connectivity index (χ2n) is 20.8. The van der Waals surface area contributed by atoms with Crippen LogP contribution in [0.2, 0.25) is 0 Å². The van der Waals surface area contributed by atoms with Gasteiger partial charge in [0, 0.05) is 43.8 Å². The summed E-state index contributed by atoms with van der Waals surface area (Å²) in [6.07, 6.45) is 7.00. The Morgan fingerprint density at radius 1 is 0.357 bits per heavy atom. The lowest BCUT2D eigenvalue weighted by Crippen LogP contribution is -2.55. The van der Waals surface area contributed by atoms with Crippen LogP contribution in [0, 0.1) is 23.7 Å². The minimum Gasteiger partial charge on any atom is -0.309 e. The molecule has 1 spiro atoms. The summed E-state index contributed by atoms with van der Waals surface area (Å²) in [7, 11) is 0. The first-order valence-corrected chi connectivity index (χ1v) is 25.3. The third kappa shape index (κ3) is 5.40. The molecule has 0 saturated heterocycles. The lowest BCUT2D eigenvalue weighted by atomic mass is 9.43. The number of aromatic nitrogens is 5. The molecular weight excluding hydrogens is 851 g/mol.